The Kier molecular flexibility index (Phi) is 4.90. The second-order valence-electron chi connectivity index (χ2n) is 7.21. The van der Waals surface area contributed by atoms with E-state index >= 15 is 0 Å². The smallest absolute Gasteiger partial charge is 0.140 e. The highest BCUT2D eigenvalue weighted by Crippen LogP contribution is 2.46. The molecule has 144 valence electrons. The number of H-pyrrole nitrogens is 1. The molecule has 0 saturated carbocycles. The third-order valence-electron chi connectivity index (χ3n) is 5.35. The highest BCUT2D eigenvalue weighted by Gasteiger charge is 2.37. The molecule has 1 atom stereocenters. The van der Waals surface area contributed by atoms with Gasteiger partial charge in [0.15, 0.2) is 0 Å². The van der Waals surface area contributed by atoms with Crippen molar-refractivity contribution in [1.29, 1.82) is 0 Å². The van der Waals surface area contributed by atoms with Crippen LogP contribution in [0, 0.1) is 5.82 Å². The summed E-state index contributed by atoms with van der Waals surface area (Å²) in [4.78, 5) is 9.38. The van der Waals surface area contributed by atoms with Crippen LogP contribution in [0.15, 0.2) is 72.4 Å². The Morgan fingerprint density at radius 3 is 2.86 bits per heavy atom. The average Bonchev–Trinajstić information content (AvgIpc) is 3.25. The van der Waals surface area contributed by atoms with Gasteiger partial charge in [-0.3, -0.25) is 0 Å². The number of benzene rings is 2. The van der Waals surface area contributed by atoms with E-state index in [0.29, 0.717) is 5.70 Å². The summed E-state index contributed by atoms with van der Waals surface area (Å²) in [5.41, 5.74) is 4.90. The molecule has 3 aromatic rings. The van der Waals surface area contributed by atoms with Gasteiger partial charge in [-0.25, -0.2) is 9.37 Å². The molecule has 0 fully saturated rings. The first kappa shape index (κ1) is 18.3. The van der Waals surface area contributed by atoms with E-state index in [1.807, 2.05) is 29.2 Å². The van der Waals surface area contributed by atoms with Crippen molar-refractivity contribution in [3.8, 4) is 0 Å². The summed E-state index contributed by atoms with van der Waals surface area (Å²) in [5, 5.41) is 10.9. The normalized spacial score (nSPS) is 17.1. The number of nitrogens with one attached hydrogen (secondary N) is 1. The number of fused-ring (bicyclic) bond motifs is 1. The van der Waals surface area contributed by atoms with Crippen LogP contribution in [-0.4, -0.2) is 15.1 Å². The first-order valence-electron chi connectivity index (χ1n) is 9.69. The molecule has 0 radical (unpaired) electrons. The molecule has 0 bridgehead atoms. The summed E-state index contributed by atoms with van der Waals surface area (Å²) in [6.07, 6.45) is 5.56. The Balaban J connectivity index is 1.80. The van der Waals surface area contributed by atoms with Gasteiger partial charge in [-0.1, -0.05) is 38.5 Å². The molecule has 2 N–H and O–H groups in total. The quantitative estimate of drug-likeness (QED) is 0.505. The van der Waals surface area contributed by atoms with Crippen molar-refractivity contribution in [2.75, 3.05) is 4.90 Å². The number of aliphatic hydroxyl groups is 1. The van der Waals surface area contributed by atoms with Crippen LogP contribution in [0.3, 0.4) is 0 Å². The number of anilines is 1. The van der Waals surface area contributed by atoms with Crippen molar-refractivity contribution in [1.82, 2.24) is 9.97 Å². The molecule has 4 nitrogen and oxygen atoms in total. The second kappa shape index (κ2) is 7.50. The zero-order valence-electron chi connectivity index (χ0n) is 16.0. The molecule has 0 amide bonds. The van der Waals surface area contributed by atoms with Gasteiger partial charge in [-0.2, -0.15) is 0 Å². The summed E-state index contributed by atoms with van der Waals surface area (Å²) in [7, 11) is 0. The summed E-state index contributed by atoms with van der Waals surface area (Å²) in [5.74, 6) is -0.0681. The number of hydrogen-bond acceptors (Lipinski definition) is 3. The van der Waals surface area contributed by atoms with Crippen LogP contribution in [0.25, 0.3) is 11.0 Å². The maximum absolute atomic E-state index is 14.0. The van der Waals surface area contributed by atoms with E-state index in [1.54, 1.807) is 12.4 Å². The SMILES string of the molecule is C=C1C(O)=C(CCCCC)C(c2cccc(F)c2)N1c1ccc2nc[nH]c2c1. The van der Waals surface area contributed by atoms with Gasteiger partial charge in [0, 0.05) is 11.3 Å². The fourth-order valence-electron chi connectivity index (χ4n) is 3.97. The van der Waals surface area contributed by atoms with Crippen molar-refractivity contribution >= 4 is 16.7 Å². The lowest BCUT2D eigenvalue weighted by molar-refractivity contribution is 0.418. The predicted octanol–water partition coefficient (Wildman–Crippen LogP) is 6.17. The second-order valence-corrected chi connectivity index (χ2v) is 7.21. The maximum Gasteiger partial charge on any atom is 0.140 e. The summed E-state index contributed by atoms with van der Waals surface area (Å²) >= 11 is 0. The lowest BCUT2D eigenvalue weighted by Crippen LogP contribution is -2.23. The molecular weight excluding hydrogens is 353 g/mol. The summed E-state index contributed by atoms with van der Waals surface area (Å²) in [6, 6.07) is 12.2. The molecule has 1 aliphatic heterocycles. The van der Waals surface area contributed by atoms with Gasteiger partial charge >= 0.3 is 0 Å². The van der Waals surface area contributed by atoms with E-state index in [-0.39, 0.29) is 17.6 Å². The van der Waals surface area contributed by atoms with Crippen LogP contribution in [0.5, 0.6) is 0 Å². The number of aliphatic hydroxyl groups excluding tert-OH is 1. The van der Waals surface area contributed by atoms with E-state index in [2.05, 4.69) is 23.5 Å². The number of unbranched alkanes of at least 4 members (excludes halogenated alkanes) is 2. The number of aromatic nitrogens is 2. The molecule has 0 spiro atoms. The summed E-state index contributed by atoms with van der Waals surface area (Å²) < 4.78 is 14.0. The minimum atomic E-state index is -0.286. The third-order valence-corrected chi connectivity index (χ3v) is 5.35. The van der Waals surface area contributed by atoms with Gasteiger partial charge in [0.1, 0.15) is 11.6 Å². The van der Waals surface area contributed by atoms with E-state index in [9.17, 15) is 9.50 Å². The molecule has 5 heteroatoms. The predicted molar refractivity (Wildman–Crippen MR) is 111 cm³/mol. The minimum Gasteiger partial charge on any atom is -0.506 e. The number of hydrogen-bond donors (Lipinski definition) is 2. The molecule has 0 saturated heterocycles. The third kappa shape index (κ3) is 3.17. The number of aromatic amines is 1. The minimum absolute atomic E-state index is 0.218. The highest BCUT2D eigenvalue weighted by atomic mass is 19.1. The van der Waals surface area contributed by atoms with E-state index in [4.69, 9.17) is 0 Å². The van der Waals surface area contributed by atoms with Gasteiger partial charge in [-0.15, -0.1) is 0 Å². The first-order chi connectivity index (χ1) is 13.6. The van der Waals surface area contributed by atoms with Crippen LogP contribution in [-0.2, 0) is 0 Å². The fourth-order valence-corrected chi connectivity index (χ4v) is 3.97. The van der Waals surface area contributed by atoms with Crippen LogP contribution in [0.2, 0.25) is 0 Å². The number of nitrogens with zero attached hydrogens (tertiary/aromatic N) is 2. The highest BCUT2D eigenvalue weighted by molar-refractivity contribution is 5.81. The standard InChI is InChI=1S/C23H24FN3O/c1-3-4-5-9-19-22(16-7-6-8-17(24)12-16)27(15(2)23(19)28)18-10-11-20-21(13-18)26-14-25-20/h6-8,10-14,22,28H,2-5,9H2,1H3,(H,25,26). The van der Waals surface area contributed by atoms with Crippen molar-refractivity contribution in [3.05, 3.63) is 83.8 Å². The van der Waals surface area contributed by atoms with Crippen molar-refractivity contribution in [2.45, 2.75) is 38.6 Å². The number of halogens is 1. The van der Waals surface area contributed by atoms with E-state index in [1.165, 1.54) is 12.1 Å². The number of rotatable bonds is 6. The number of imidazole rings is 1. The molecule has 0 aliphatic carbocycles. The van der Waals surface area contributed by atoms with Crippen LogP contribution in [0.1, 0.15) is 44.2 Å². The first-order valence-corrected chi connectivity index (χ1v) is 9.69. The zero-order chi connectivity index (χ0) is 19.7. The average molecular weight is 377 g/mol. The van der Waals surface area contributed by atoms with Crippen molar-refractivity contribution in [2.24, 2.45) is 0 Å². The van der Waals surface area contributed by atoms with E-state index in [0.717, 1.165) is 53.5 Å². The molecule has 2 heterocycles. The lowest BCUT2D eigenvalue weighted by Gasteiger charge is -2.30. The Hall–Kier alpha value is -3.08. The van der Waals surface area contributed by atoms with Crippen molar-refractivity contribution in [3.63, 3.8) is 0 Å². The topological polar surface area (TPSA) is 52.1 Å². The molecule has 1 aliphatic rings. The van der Waals surface area contributed by atoms with Gasteiger partial charge in [0.05, 0.1) is 29.1 Å². The fraction of sp³-hybridized carbons (Fsp3) is 0.261. The Bertz CT molecular complexity index is 1050. The molecule has 1 unspecified atom stereocenters. The largest absolute Gasteiger partial charge is 0.506 e. The molecule has 2 aromatic carbocycles. The van der Waals surface area contributed by atoms with Gasteiger partial charge in [0.2, 0.25) is 0 Å². The Morgan fingerprint density at radius 1 is 1.21 bits per heavy atom. The molecule has 4 rings (SSSR count). The van der Waals surface area contributed by atoms with Crippen LogP contribution < -0.4 is 4.90 Å². The molecule has 28 heavy (non-hydrogen) atoms. The Labute approximate surface area is 164 Å². The zero-order valence-corrected chi connectivity index (χ0v) is 16.0. The molecule has 1 aromatic heterocycles. The summed E-state index contributed by atoms with van der Waals surface area (Å²) in [6.45, 7) is 6.29. The molecular formula is C23H24FN3O. The van der Waals surface area contributed by atoms with Crippen molar-refractivity contribution < 1.29 is 9.50 Å². The monoisotopic (exact) mass is 377 g/mol. The van der Waals surface area contributed by atoms with Gasteiger partial charge in [-0.05, 0) is 48.7 Å². The van der Waals surface area contributed by atoms with Crippen LogP contribution in [0.4, 0.5) is 10.1 Å². The maximum atomic E-state index is 14.0. The van der Waals surface area contributed by atoms with Crippen LogP contribution >= 0.6 is 0 Å². The van der Waals surface area contributed by atoms with E-state index < -0.39 is 0 Å². The Morgan fingerprint density at radius 2 is 2.07 bits per heavy atom. The van der Waals surface area contributed by atoms with Gasteiger partial charge in [0.25, 0.3) is 0 Å². The lowest BCUT2D eigenvalue weighted by atomic mass is 9.94. The van der Waals surface area contributed by atoms with Gasteiger partial charge < -0.3 is 15.0 Å².